The number of carboxylic acid groups (broad SMARTS) is 1. The fourth-order valence-electron chi connectivity index (χ4n) is 1.96. The summed E-state index contributed by atoms with van der Waals surface area (Å²) in [4.78, 5) is 10.8. The van der Waals surface area contributed by atoms with Gasteiger partial charge in [0, 0.05) is 5.92 Å². The molecule has 3 N–H and O–H groups in total. The molecule has 92 valence electrons. The third kappa shape index (κ3) is 1.88. The summed E-state index contributed by atoms with van der Waals surface area (Å²) in [7, 11) is 0. The van der Waals surface area contributed by atoms with Crippen LogP contribution in [0.25, 0.3) is 0 Å². The largest absolute Gasteiger partial charge is 0.480 e. The summed E-state index contributed by atoms with van der Waals surface area (Å²) in [5.41, 5.74) is 3.11. The van der Waals surface area contributed by atoms with Crippen LogP contribution in [-0.2, 0) is 11.0 Å². The molecule has 17 heavy (non-hydrogen) atoms. The minimum atomic E-state index is -4.49. The van der Waals surface area contributed by atoms with Crippen LogP contribution in [0.5, 0.6) is 0 Å². The lowest BCUT2D eigenvalue weighted by Gasteiger charge is -2.13. The Morgan fingerprint density at radius 2 is 2.00 bits per heavy atom. The molecule has 0 amide bonds. The van der Waals surface area contributed by atoms with Gasteiger partial charge in [-0.2, -0.15) is 13.2 Å². The molecular formula is C11H10F3NO2. The van der Waals surface area contributed by atoms with E-state index in [0.717, 1.165) is 6.07 Å². The maximum Gasteiger partial charge on any atom is 0.416 e. The van der Waals surface area contributed by atoms with Crippen LogP contribution in [0.2, 0.25) is 0 Å². The summed E-state index contributed by atoms with van der Waals surface area (Å²) in [6.07, 6.45) is -4.45. The average Bonchev–Trinajstić information content (AvgIpc) is 2.91. The number of benzene rings is 1. The monoisotopic (exact) mass is 245 g/mol. The van der Waals surface area contributed by atoms with E-state index in [1.165, 1.54) is 18.2 Å². The molecule has 0 aliphatic heterocycles. The van der Waals surface area contributed by atoms with E-state index >= 15 is 0 Å². The van der Waals surface area contributed by atoms with Gasteiger partial charge < -0.3 is 10.8 Å². The van der Waals surface area contributed by atoms with Gasteiger partial charge in [0.1, 0.15) is 5.54 Å². The second-order valence-corrected chi connectivity index (χ2v) is 4.19. The number of carboxylic acids is 1. The van der Waals surface area contributed by atoms with Crippen molar-refractivity contribution in [2.45, 2.75) is 24.1 Å². The van der Waals surface area contributed by atoms with Gasteiger partial charge in [0.25, 0.3) is 0 Å². The smallest absolute Gasteiger partial charge is 0.416 e. The van der Waals surface area contributed by atoms with Crippen molar-refractivity contribution in [2.24, 2.45) is 5.73 Å². The molecule has 1 aromatic rings. The van der Waals surface area contributed by atoms with Crippen molar-refractivity contribution in [2.75, 3.05) is 0 Å². The summed E-state index contributed by atoms with van der Waals surface area (Å²) < 4.78 is 38.1. The Morgan fingerprint density at radius 3 is 2.47 bits per heavy atom. The van der Waals surface area contributed by atoms with Crippen molar-refractivity contribution in [3.8, 4) is 0 Å². The second-order valence-electron chi connectivity index (χ2n) is 4.19. The van der Waals surface area contributed by atoms with Crippen LogP contribution in [0, 0.1) is 0 Å². The summed E-state index contributed by atoms with van der Waals surface area (Å²) >= 11 is 0. The second kappa shape index (κ2) is 3.46. The van der Waals surface area contributed by atoms with Crippen molar-refractivity contribution in [1.82, 2.24) is 0 Å². The van der Waals surface area contributed by atoms with E-state index in [1.54, 1.807) is 0 Å². The van der Waals surface area contributed by atoms with Crippen LogP contribution >= 0.6 is 0 Å². The van der Waals surface area contributed by atoms with Gasteiger partial charge in [-0.1, -0.05) is 18.2 Å². The first kappa shape index (κ1) is 11.9. The first-order valence-corrected chi connectivity index (χ1v) is 4.95. The highest BCUT2D eigenvalue weighted by molar-refractivity contribution is 5.85. The molecule has 1 aromatic carbocycles. The van der Waals surface area contributed by atoms with Crippen LogP contribution in [0.15, 0.2) is 24.3 Å². The number of carbonyl (C=O) groups is 1. The highest BCUT2D eigenvalue weighted by Gasteiger charge is 2.59. The summed E-state index contributed by atoms with van der Waals surface area (Å²) in [5.74, 6) is -2.03. The normalized spacial score (nSPS) is 27.9. The van der Waals surface area contributed by atoms with Gasteiger partial charge >= 0.3 is 12.1 Å². The van der Waals surface area contributed by atoms with Gasteiger partial charge in [-0.3, -0.25) is 4.79 Å². The van der Waals surface area contributed by atoms with Gasteiger partial charge in [-0.05, 0) is 18.1 Å². The minimum Gasteiger partial charge on any atom is -0.480 e. The Bertz CT molecular complexity index is 472. The molecule has 0 aromatic heterocycles. The highest BCUT2D eigenvalue weighted by atomic mass is 19.4. The van der Waals surface area contributed by atoms with Crippen molar-refractivity contribution in [1.29, 1.82) is 0 Å². The third-order valence-corrected chi connectivity index (χ3v) is 3.04. The molecule has 0 saturated heterocycles. The lowest BCUT2D eigenvalue weighted by Crippen LogP contribution is -2.34. The Balaban J connectivity index is 2.40. The lowest BCUT2D eigenvalue weighted by molar-refractivity contribution is -0.141. The Morgan fingerprint density at radius 1 is 1.41 bits per heavy atom. The standard InChI is InChI=1S/C11H10F3NO2/c12-11(13,14)7-4-2-1-3-6(7)8-5-10(8,15)9(16)17/h1-4,8H,5,15H2,(H,16,17)/t8-,10-/m0/s1. The number of rotatable bonds is 2. The summed E-state index contributed by atoms with van der Waals surface area (Å²) in [6.45, 7) is 0. The van der Waals surface area contributed by atoms with Crippen molar-refractivity contribution < 1.29 is 23.1 Å². The molecule has 1 aliphatic carbocycles. The maximum atomic E-state index is 12.7. The number of aliphatic carboxylic acids is 1. The number of hydrogen-bond acceptors (Lipinski definition) is 2. The van der Waals surface area contributed by atoms with E-state index in [0.29, 0.717) is 0 Å². The number of hydrogen-bond donors (Lipinski definition) is 2. The predicted molar refractivity (Wildman–Crippen MR) is 53.4 cm³/mol. The first-order chi connectivity index (χ1) is 7.77. The fourth-order valence-corrected chi connectivity index (χ4v) is 1.96. The molecule has 0 bridgehead atoms. The first-order valence-electron chi connectivity index (χ1n) is 4.95. The quantitative estimate of drug-likeness (QED) is 0.837. The molecule has 0 heterocycles. The Hall–Kier alpha value is -1.56. The van der Waals surface area contributed by atoms with Crippen LogP contribution in [0.4, 0.5) is 13.2 Å². The van der Waals surface area contributed by atoms with Gasteiger partial charge in [0.05, 0.1) is 5.56 Å². The van der Waals surface area contributed by atoms with Gasteiger partial charge in [-0.15, -0.1) is 0 Å². The van der Waals surface area contributed by atoms with E-state index in [1.807, 2.05) is 0 Å². The summed E-state index contributed by atoms with van der Waals surface area (Å²) in [5, 5.41) is 8.83. The van der Waals surface area contributed by atoms with E-state index in [2.05, 4.69) is 0 Å². The molecule has 3 nitrogen and oxygen atoms in total. The summed E-state index contributed by atoms with van der Waals surface area (Å²) in [6, 6.07) is 4.94. The molecule has 6 heteroatoms. The lowest BCUT2D eigenvalue weighted by atomic mass is 10.00. The van der Waals surface area contributed by atoms with E-state index in [4.69, 9.17) is 10.8 Å². The average molecular weight is 245 g/mol. The molecule has 2 rings (SSSR count). The molecule has 2 atom stereocenters. The van der Waals surface area contributed by atoms with Crippen molar-refractivity contribution in [3.05, 3.63) is 35.4 Å². The highest BCUT2D eigenvalue weighted by Crippen LogP contribution is 2.52. The topological polar surface area (TPSA) is 63.3 Å². The zero-order chi connectivity index (χ0) is 12.8. The van der Waals surface area contributed by atoms with Crippen molar-refractivity contribution >= 4 is 5.97 Å². The Kier molecular flexibility index (Phi) is 2.43. The van der Waals surface area contributed by atoms with Gasteiger partial charge in [0.2, 0.25) is 0 Å². The number of halogens is 3. The van der Waals surface area contributed by atoms with Gasteiger partial charge in [-0.25, -0.2) is 0 Å². The number of nitrogens with two attached hydrogens (primary N) is 1. The van der Waals surface area contributed by atoms with Crippen LogP contribution < -0.4 is 5.73 Å². The third-order valence-electron chi connectivity index (χ3n) is 3.04. The van der Waals surface area contributed by atoms with E-state index in [9.17, 15) is 18.0 Å². The Labute approximate surface area is 95.0 Å². The zero-order valence-electron chi connectivity index (χ0n) is 8.66. The van der Waals surface area contributed by atoms with E-state index in [-0.39, 0.29) is 12.0 Å². The van der Waals surface area contributed by atoms with Crippen LogP contribution in [-0.4, -0.2) is 16.6 Å². The maximum absolute atomic E-state index is 12.7. The SMILES string of the molecule is N[C@@]1(C(=O)O)C[C@H]1c1ccccc1C(F)(F)F. The molecule has 0 radical (unpaired) electrons. The van der Waals surface area contributed by atoms with Crippen LogP contribution in [0.3, 0.4) is 0 Å². The molecule has 1 fully saturated rings. The molecule has 0 spiro atoms. The molecular weight excluding hydrogens is 235 g/mol. The van der Waals surface area contributed by atoms with Crippen LogP contribution in [0.1, 0.15) is 23.5 Å². The zero-order valence-corrected chi connectivity index (χ0v) is 8.66. The predicted octanol–water partition coefficient (Wildman–Crippen LogP) is 1.97. The number of alkyl halides is 3. The molecule has 1 aliphatic rings. The van der Waals surface area contributed by atoms with Gasteiger partial charge in [0.15, 0.2) is 0 Å². The van der Waals surface area contributed by atoms with E-state index < -0.39 is 29.2 Å². The molecule has 1 saturated carbocycles. The molecule has 0 unspecified atom stereocenters. The van der Waals surface area contributed by atoms with Crippen molar-refractivity contribution in [3.63, 3.8) is 0 Å². The minimum absolute atomic E-state index is 0.0371. The fraction of sp³-hybridized carbons (Fsp3) is 0.364.